The maximum Gasteiger partial charge on any atom is 0.251 e. The predicted octanol–water partition coefficient (Wildman–Crippen LogP) is 3.00. The molecule has 0 spiro atoms. The van der Waals surface area contributed by atoms with Crippen molar-refractivity contribution < 1.29 is 4.79 Å². The number of aromatic amines is 1. The van der Waals surface area contributed by atoms with E-state index in [0.29, 0.717) is 12.3 Å². The molecule has 2 N–H and O–H groups in total. The van der Waals surface area contributed by atoms with Gasteiger partial charge in [0.2, 0.25) is 5.91 Å². The van der Waals surface area contributed by atoms with Crippen molar-refractivity contribution in [1.29, 1.82) is 0 Å². The minimum atomic E-state index is 0.00727. The van der Waals surface area contributed by atoms with Gasteiger partial charge in [-0.15, -0.1) is 0 Å². The highest BCUT2D eigenvalue weighted by molar-refractivity contribution is 5.94. The number of anilines is 1. The van der Waals surface area contributed by atoms with Crippen LogP contribution in [0.25, 0.3) is 10.9 Å². The lowest BCUT2D eigenvalue weighted by molar-refractivity contribution is -0.116. The normalized spacial score (nSPS) is 13.7. The summed E-state index contributed by atoms with van der Waals surface area (Å²) in [6.07, 6.45) is 3.38. The molecular formula is C17H20N2O2. The van der Waals surface area contributed by atoms with Crippen LogP contribution in [0.4, 0.5) is 5.69 Å². The van der Waals surface area contributed by atoms with E-state index in [0.717, 1.165) is 41.4 Å². The molecule has 0 unspecified atom stereocenters. The largest absolute Gasteiger partial charge is 0.326 e. The van der Waals surface area contributed by atoms with Gasteiger partial charge >= 0.3 is 0 Å². The first-order valence-electron chi connectivity index (χ1n) is 7.52. The third kappa shape index (κ3) is 2.71. The number of H-pyrrole nitrogens is 1. The molecule has 0 bridgehead atoms. The van der Waals surface area contributed by atoms with E-state index in [1.165, 1.54) is 5.56 Å². The molecule has 0 atom stereocenters. The fourth-order valence-electron chi connectivity index (χ4n) is 3.06. The molecule has 0 saturated heterocycles. The highest BCUT2D eigenvalue weighted by Crippen LogP contribution is 2.27. The van der Waals surface area contributed by atoms with E-state index in [2.05, 4.69) is 10.3 Å². The molecule has 4 nitrogen and oxygen atoms in total. The zero-order valence-electron chi connectivity index (χ0n) is 12.5. The van der Waals surface area contributed by atoms with Crippen molar-refractivity contribution in [2.45, 2.75) is 39.5 Å². The predicted molar refractivity (Wildman–Crippen MR) is 84.7 cm³/mol. The molecule has 4 heteroatoms. The van der Waals surface area contributed by atoms with E-state index in [4.69, 9.17) is 0 Å². The fraction of sp³-hybridized carbons (Fsp3) is 0.412. The van der Waals surface area contributed by atoms with Gasteiger partial charge in [-0.05, 0) is 42.9 Å². The third-order valence-electron chi connectivity index (χ3n) is 3.96. The number of aryl methyl sites for hydroxylation is 1. The van der Waals surface area contributed by atoms with Gasteiger partial charge in [0.15, 0.2) is 0 Å². The van der Waals surface area contributed by atoms with Crippen LogP contribution in [0.5, 0.6) is 0 Å². The highest BCUT2D eigenvalue weighted by Gasteiger charge is 2.18. The van der Waals surface area contributed by atoms with Crippen LogP contribution in [0.2, 0.25) is 0 Å². The monoisotopic (exact) mass is 284 g/mol. The van der Waals surface area contributed by atoms with E-state index in [9.17, 15) is 9.59 Å². The SMILES string of the molecule is CC(C)CC(=O)Nc1ccc2c3c(c(=O)[nH]c2c1)CCC3. The molecule has 1 amide bonds. The maximum absolute atomic E-state index is 12.1. The minimum absolute atomic E-state index is 0.00727. The maximum atomic E-state index is 12.1. The van der Waals surface area contributed by atoms with Crippen molar-refractivity contribution >= 4 is 22.5 Å². The molecule has 2 aromatic rings. The number of rotatable bonds is 3. The molecule has 0 radical (unpaired) electrons. The number of hydrogen-bond acceptors (Lipinski definition) is 2. The Morgan fingerprint density at radius 1 is 1.29 bits per heavy atom. The summed E-state index contributed by atoms with van der Waals surface area (Å²) in [5.74, 6) is 0.335. The second kappa shape index (κ2) is 5.35. The summed E-state index contributed by atoms with van der Waals surface area (Å²) in [4.78, 5) is 26.8. The van der Waals surface area contributed by atoms with Crippen LogP contribution in [-0.2, 0) is 17.6 Å². The van der Waals surface area contributed by atoms with Crippen molar-refractivity contribution in [3.05, 3.63) is 39.7 Å². The Kier molecular flexibility index (Phi) is 3.53. The number of benzene rings is 1. The minimum Gasteiger partial charge on any atom is -0.326 e. The van der Waals surface area contributed by atoms with Crippen molar-refractivity contribution in [3.63, 3.8) is 0 Å². The van der Waals surface area contributed by atoms with Crippen LogP contribution in [0, 0.1) is 5.92 Å². The van der Waals surface area contributed by atoms with Crippen molar-refractivity contribution in [2.75, 3.05) is 5.32 Å². The third-order valence-corrected chi connectivity index (χ3v) is 3.96. The van der Waals surface area contributed by atoms with Gasteiger partial charge in [-0.25, -0.2) is 0 Å². The number of hydrogen-bond donors (Lipinski definition) is 2. The van der Waals surface area contributed by atoms with Crippen molar-refractivity contribution in [2.24, 2.45) is 5.92 Å². The van der Waals surface area contributed by atoms with E-state index < -0.39 is 0 Å². The van der Waals surface area contributed by atoms with Crippen LogP contribution in [0.15, 0.2) is 23.0 Å². The summed E-state index contributed by atoms with van der Waals surface area (Å²) in [6.45, 7) is 4.03. The van der Waals surface area contributed by atoms with E-state index in [1.54, 1.807) is 0 Å². The second-order valence-electron chi connectivity index (χ2n) is 6.17. The first kappa shape index (κ1) is 13.9. The highest BCUT2D eigenvalue weighted by atomic mass is 16.1. The van der Waals surface area contributed by atoms with Gasteiger partial charge in [-0.2, -0.15) is 0 Å². The average Bonchev–Trinajstić information content (AvgIpc) is 2.87. The van der Waals surface area contributed by atoms with E-state index >= 15 is 0 Å². The fourth-order valence-corrected chi connectivity index (χ4v) is 3.06. The van der Waals surface area contributed by atoms with Gasteiger partial charge in [-0.3, -0.25) is 9.59 Å². The molecule has 1 aromatic heterocycles. The van der Waals surface area contributed by atoms with Crippen molar-refractivity contribution in [1.82, 2.24) is 4.98 Å². The van der Waals surface area contributed by atoms with Crippen LogP contribution in [0.1, 0.15) is 37.8 Å². The first-order valence-corrected chi connectivity index (χ1v) is 7.52. The number of aromatic nitrogens is 1. The standard InChI is InChI=1S/C17H20N2O2/c1-10(2)8-16(20)18-11-6-7-13-12-4-3-5-14(12)17(21)19-15(13)9-11/h6-7,9-10H,3-5,8H2,1-2H3,(H,18,20)(H,19,21). The summed E-state index contributed by atoms with van der Waals surface area (Å²) in [7, 11) is 0. The molecule has 21 heavy (non-hydrogen) atoms. The summed E-state index contributed by atoms with van der Waals surface area (Å²) in [5.41, 5.74) is 3.67. The van der Waals surface area contributed by atoms with Gasteiger partial charge < -0.3 is 10.3 Å². The number of carbonyl (C=O) groups excluding carboxylic acids is 1. The molecule has 1 aliphatic carbocycles. The molecule has 1 aliphatic rings. The molecule has 0 aliphatic heterocycles. The Labute approximate surface area is 123 Å². The molecule has 1 heterocycles. The zero-order chi connectivity index (χ0) is 15.0. The summed E-state index contributed by atoms with van der Waals surface area (Å²) < 4.78 is 0. The Morgan fingerprint density at radius 2 is 2.05 bits per heavy atom. The smallest absolute Gasteiger partial charge is 0.251 e. The Balaban J connectivity index is 1.96. The lowest BCUT2D eigenvalue weighted by Crippen LogP contribution is -2.15. The summed E-state index contributed by atoms with van der Waals surface area (Å²) >= 11 is 0. The Bertz CT molecular complexity index is 759. The number of nitrogens with one attached hydrogen (secondary N) is 2. The van der Waals surface area contributed by atoms with Crippen LogP contribution in [0.3, 0.4) is 0 Å². The van der Waals surface area contributed by atoms with Crippen LogP contribution >= 0.6 is 0 Å². The number of fused-ring (bicyclic) bond motifs is 3. The number of pyridine rings is 1. The topological polar surface area (TPSA) is 62.0 Å². The second-order valence-corrected chi connectivity index (χ2v) is 6.17. The molecule has 110 valence electrons. The molecule has 3 rings (SSSR count). The molecular weight excluding hydrogens is 264 g/mol. The van der Waals surface area contributed by atoms with E-state index in [1.807, 2.05) is 32.0 Å². The number of carbonyl (C=O) groups is 1. The van der Waals surface area contributed by atoms with Gasteiger partial charge in [0, 0.05) is 23.1 Å². The van der Waals surface area contributed by atoms with Crippen molar-refractivity contribution in [3.8, 4) is 0 Å². The Hall–Kier alpha value is -2.10. The summed E-state index contributed by atoms with van der Waals surface area (Å²) in [6, 6.07) is 5.77. The first-order chi connectivity index (χ1) is 10.0. The molecule has 0 saturated carbocycles. The lowest BCUT2D eigenvalue weighted by Gasteiger charge is -2.10. The molecule has 1 aromatic carbocycles. The quantitative estimate of drug-likeness (QED) is 0.910. The number of amides is 1. The van der Waals surface area contributed by atoms with Gasteiger partial charge in [0.05, 0.1) is 5.52 Å². The zero-order valence-corrected chi connectivity index (χ0v) is 12.5. The summed E-state index contributed by atoms with van der Waals surface area (Å²) in [5, 5.41) is 3.99. The Morgan fingerprint density at radius 3 is 2.81 bits per heavy atom. The van der Waals surface area contributed by atoms with Gasteiger partial charge in [0.25, 0.3) is 5.56 Å². The van der Waals surface area contributed by atoms with Crippen LogP contribution < -0.4 is 10.9 Å². The van der Waals surface area contributed by atoms with Crippen LogP contribution in [-0.4, -0.2) is 10.9 Å². The van der Waals surface area contributed by atoms with Gasteiger partial charge in [0.1, 0.15) is 0 Å². The molecule has 0 fully saturated rings. The van der Waals surface area contributed by atoms with E-state index in [-0.39, 0.29) is 11.5 Å². The lowest BCUT2D eigenvalue weighted by atomic mass is 10.0. The average molecular weight is 284 g/mol. The van der Waals surface area contributed by atoms with Gasteiger partial charge in [-0.1, -0.05) is 19.9 Å².